The van der Waals surface area contributed by atoms with Gasteiger partial charge in [0.1, 0.15) is 17.9 Å². The molecule has 0 spiro atoms. The third-order valence-electron chi connectivity index (χ3n) is 3.03. The largest absolute Gasteiger partial charge is 0.469 e. The zero-order valence-corrected chi connectivity index (χ0v) is 11.0. The lowest BCUT2D eigenvalue weighted by atomic mass is 10.0. The molecule has 0 amide bonds. The van der Waals surface area contributed by atoms with E-state index < -0.39 is 0 Å². The van der Waals surface area contributed by atoms with Crippen LogP contribution in [0.4, 0.5) is 0 Å². The molecule has 2 aromatic rings. The number of furan rings is 1. The lowest BCUT2D eigenvalue weighted by molar-refractivity contribution is 0.500. The Bertz CT molecular complexity index is 489. The molecule has 2 N–H and O–H groups in total. The van der Waals surface area contributed by atoms with Crippen molar-refractivity contribution in [3.8, 4) is 0 Å². The number of hydrogen-bond donors (Lipinski definition) is 1. The molecule has 98 valence electrons. The molecule has 0 saturated carbocycles. The van der Waals surface area contributed by atoms with Crippen molar-refractivity contribution in [3.05, 3.63) is 35.8 Å². The van der Waals surface area contributed by atoms with E-state index in [1.807, 2.05) is 10.7 Å². The first-order valence-electron chi connectivity index (χ1n) is 6.44. The minimum absolute atomic E-state index is 0.0847. The molecule has 1 atom stereocenters. The topological polar surface area (TPSA) is 69.9 Å². The molecule has 0 aliphatic heterocycles. The number of aromatic nitrogens is 3. The zero-order chi connectivity index (χ0) is 13.0. The van der Waals surface area contributed by atoms with Gasteiger partial charge < -0.3 is 10.2 Å². The minimum Gasteiger partial charge on any atom is -0.469 e. The van der Waals surface area contributed by atoms with Gasteiger partial charge in [-0.05, 0) is 12.5 Å². The van der Waals surface area contributed by atoms with Gasteiger partial charge in [0.25, 0.3) is 0 Å². The highest BCUT2D eigenvalue weighted by atomic mass is 16.3. The maximum Gasteiger partial charge on any atom is 0.138 e. The Morgan fingerprint density at radius 3 is 3.00 bits per heavy atom. The minimum atomic E-state index is -0.0847. The van der Waals surface area contributed by atoms with Crippen LogP contribution >= 0.6 is 0 Å². The Labute approximate surface area is 107 Å². The summed E-state index contributed by atoms with van der Waals surface area (Å²) >= 11 is 0. The van der Waals surface area contributed by atoms with Gasteiger partial charge in [-0.25, -0.2) is 4.98 Å². The van der Waals surface area contributed by atoms with Gasteiger partial charge in [-0.15, -0.1) is 0 Å². The quantitative estimate of drug-likeness (QED) is 0.849. The van der Waals surface area contributed by atoms with Crippen LogP contribution < -0.4 is 5.73 Å². The summed E-state index contributed by atoms with van der Waals surface area (Å²) in [6, 6.07) is 1.86. The fourth-order valence-electron chi connectivity index (χ4n) is 2.12. The molecular formula is C13H20N4O. The predicted molar refractivity (Wildman–Crippen MR) is 69.0 cm³/mol. The Kier molecular flexibility index (Phi) is 4.15. The standard InChI is InChI=1S/C13H20N4O/c1-3-6-17-13(15-9-16-17)8-11(14)10-5-7-18-12(10)4-2/h5,7,9,11H,3-4,6,8,14H2,1-2H3. The summed E-state index contributed by atoms with van der Waals surface area (Å²) in [6.45, 7) is 5.07. The van der Waals surface area contributed by atoms with Gasteiger partial charge in [0.2, 0.25) is 0 Å². The number of rotatable bonds is 6. The molecule has 0 radical (unpaired) electrons. The molecule has 0 aromatic carbocycles. The van der Waals surface area contributed by atoms with E-state index in [1.165, 1.54) is 0 Å². The van der Waals surface area contributed by atoms with Gasteiger partial charge in [-0.3, -0.25) is 4.68 Å². The van der Waals surface area contributed by atoms with Crippen LogP contribution in [0.15, 0.2) is 23.1 Å². The maximum atomic E-state index is 6.23. The van der Waals surface area contributed by atoms with Gasteiger partial charge in [0.05, 0.1) is 6.26 Å². The Morgan fingerprint density at radius 1 is 1.44 bits per heavy atom. The molecule has 1 unspecified atom stereocenters. The SMILES string of the molecule is CCCn1ncnc1CC(N)c1ccoc1CC. The molecule has 0 aliphatic rings. The van der Waals surface area contributed by atoms with E-state index in [2.05, 4.69) is 23.9 Å². The maximum absolute atomic E-state index is 6.23. The van der Waals surface area contributed by atoms with E-state index in [4.69, 9.17) is 10.2 Å². The van der Waals surface area contributed by atoms with Crippen molar-refractivity contribution in [2.75, 3.05) is 0 Å². The molecule has 2 heterocycles. The number of nitrogens with two attached hydrogens (primary N) is 1. The monoisotopic (exact) mass is 248 g/mol. The fraction of sp³-hybridized carbons (Fsp3) is 0.538. The van der Waals surface area contributed by atoms with E-state index in [0.717, 1.165) is 36.5 Å². The van der Waals surface area contributed by atoms with Gasteiger partial charge in [0.15, 0.2) is 0 Å². The molecule has 2 aromatic heterocycles. The second-order valence-electron chi connectivity index (χ2n) is 4.36. The van der Waals surface area contributed by atoms with Crippen molar-refractivity contribution in [1.82, 2.24) is 14.8 Å². The molecular weight excluding hydrogens is 228 g/mol. The lowest BCUT2D eigenvalue weighted by Gasteiger charge is -2.11. The van der Waals surface area contributed by atoms with Crippen LogP contribution in [0.2, 0.25) is 0 Å². The second-order valence-corrected chi connectivity index (χ2v) is 4.36. The molecule has 0 bridgehead atoms. The molecule has 0 saturated heterocycles. The summed E-state index contributed by atoms with van der Waals surface area (Å²) in [4.78, 5) is 4.28. The number of hydrogen-bond acceptors (Lipinski definition) is 4. The second kappa shape index (κ2) is 5.82. The predicted octanol–water partition coefficient (Wildman–Crippen LogP) is 2.09. The molecule has 0 fully saturated rings. The first kappa shape index (κ1) is 12.8. The van der Waals surface area contributed by atoms with Crippen LogP contribution in [0, 0.1) is 0 Å². The Hall–Kier alpha value is -1.62. The lowest BCUT2D eigenvalue weighted by Crippen LogP contribution is -2.17. The smallest absolute Gasteiger partial charge is 0.138 e. The van der Waals surface area contributed by atoms with Crippen molar-refractivity contribution in [2.45, 2.75) is 45.7 Å². The van der Waals surface area contributed by atoms with Crippen molar-refractivity contribution in [1.29, 1.82) is 0 Å². The molecule has 5 nitrogen and oxygen atoms in total. The average molecular weight is 248 g/mol. The van der Waals surface area contributed by atoms with E-state index in [1.54, 1.807) is 12.6 Å². The summed E-state index contributed by atoms with van der Waals surface area (Å²) in [5, 5.41) is 4.21. The van der Waals surface area contributed by atoms with Crippen LogP contribution in [0.5, 0.6) is 0 Å². The summed E-state index contributed by atoms with van der Waals surface area (Å²) in [5.74, 6) is 1.90. The number of aryl methyl sites for hydroxylation is 2. The van der Waals surface area contributed by atoms with Crippen LogP contribution in [0.3, 0.4) is 0 Å². The highest BCUT2D eigenvalue weighted by Crippen LogP contribution is 2.21. The van der Waals surface area contributed by atoms with E-state index >= 15 is 0 Å². The van der Waals surface area contributed by atoms with Gasteiger partial charge >= 0.3 is 0 Å². The summed E-state index contributed by atoms with van der Waals surface area (Å²) in [6.07, 6.45) is 5.88. The van der Waals surface area contributed by atoms with Crippen molar-refractivity contribution >= 4 is 0 Å². The third kappa shape index (κ3) is 2.61. The molecule has 2 rings (SSSR count). The van der Waals surface area contributed by atoms with Gasteiger partial charge in [-0.1, -0.05) is 13.8 Å². The van der Waals surface area contributed by atoms with Crippen LogP contribution in [0.1, 0.15) is 43.5 Å². The third-order valence-corrected chi connectivity index (χ3v) is 3.03. The highest BCUT2D eigenvalue weighted by molar-refractivity contribution is 5.22. The highest BCUT2D eigenvalue weighted by Gasteiger charge is 2.16. The summed E-state index contributed by atoms with van der Waals surface area (Å²) in [7, 11) is 0. The number of nitrogens with zero attached hydrogens (tertiary/aromatic N) is 3. The van der Waals surface area contributed by atoms with Crippen LogP contribution in [-0.2, 0) is 19.4 Å². The zero-order valence-electron chi connectivity index (χ0n) is 11.0. The van der Waals surface area contributed by atoms with Gasteiger partial charge in [-0.2, -0.15) is 5.10 Å². The van der Waals surface area contributed by atoms with E-state index in [9.17, 15) is 0 Å². The van der Waals surface area contributed by atoms with Crippen molar-refractivity contribution in [3.63, 3.8) is 0 Å². The van der Waals surface area contributed by atoms with Gasteiger partial charge in [0, 0.05) is 31.0 Å². The summed E-state index contributed by atoms with van der Waals surface area (Å²) < 4.78 is 7.33. The van der Waals surface area contributed by atoms with Crippen molar-refractivity contribution in [2.24, 2.45) is 5.73 Å². The van der Waals surface area contributed by atoms with Crippen LogP contribution in [-0.4, -0.2) is 14.8 Å². The Morgan fingerprint density at radius 2 is 2.28 bits per heavy atom. The molecule has 0 aliphatic carbocycles. The fourth-order valence-corrected chi connectivity index (χ4v) is 2.12. The summed E-state index contributed by atoms with van der Waals surface area (Å²) in [5.41, 5.74) is 7.30. The van der Waals surface area contributed by atoms with E-state index in [0.29, 0.717) is 6.42 Å². The first-order chi connectivity index (χ1) is 8.76. The average Bonchev–Trinajstić information content (AvgIpc) is 2.98. The molecule has 18 heavy (non-hydrogen) atoms. The molecule has 5 heteroatoms. The first-order valence-corrected chi connectivity index (χ1v) is 6.44. The normalized spacial score (nSPS) is 12.8. The van der Waals surface area contributed by atoms with E-state index in [-0.39, 0.29) is 6.04 Å². The Balaban J connectivity index is 2.11. The van der Waals surface area contributed by atoms with Crippen LogP contribution in [0.25, 0.3) is 0 Å². The van der Waals surface area contributed by atoms with Crippen molar-refractivity contribution < 1.29 is 4.42 Å².